The molecule has 0 bridgehead atoms. The number of carbonyl (C=O) groups excluding carboxylic acids is 2. The fourth-order valence-corrected chi connectivity index (χ4v) is 2.81. The zero-order valence-corrected chi connectivity index (χ0v) is 14.5. The van der Waals surface area contributed by atoms with Crippen molar-refractivity contribution in [3.8, 4) is 0 Å². The highest BCUT2D eigenvalue weighted by atomic mass is 16.5. The number of morpholine rings is 1. The molecule has 0 radical (unpaired) electrons. The summed E-state index contributed by atoms with van der Waals surface area (Å²) >= 11 is 0. The molecule has 26 heavy (non-hydrogen) atoms. The number of hydrogen-bond acceptors (Lipinski definition) is 6. The fraction of sp³-hybridized carbons (Fsp3) is 0.263. The van der Waals surface area contributed by atoms with Gasteiger partial charge in [0.25, 0.3) is 5.91 Å². The molecular formula is C19H21N3O4. The van der Waals surface area contributed by atoms with Crippen LogP contribution < -0.4 is 16.0 Å². The van der Waals surface area contributed by atoms with Crippen LogP contribution in [0.2, 0.25) is 0 Å². The Morgan fingerprint density at radius 2 is 1.92 bits per heavy atom. The van der Waals surface area contributed by atoms with E-state index in [-0.39, 0.29) is 5.91 Å². The SMILES string of the molecule is COC(=O)c1cc(N2CCOCC2)ccc1NC(=O)c1cccc(N)c1. The molecule has 3 N–H and O–H groups in total. The topological polar surface area (TPSA) is 93.9 Å². The third-order valence-electron chi connectivity index (χ3n) is 4.18. The predicted molar refractivity (Wildman–Crippen MR) is 99.6 cm³/mol. The predicted octanol–water partition coefficient (Wildman–Crippen LogP) is 2.14. The van der Waals surface area contributed by atoms with Gasteiger partial charge in [-0.2, -0.15) is 0 Å². The second-order valence-electron chi connectivity index (χ2n) is 5.90. The monoisotopic (exact) mass is 355 g/mol. The number of amides is 1. The van der Waals surface area contributed by atoms with Crippen LogP contribution in [-0.4, -0.2) is 45.3 Å². The van der Waals surface area contributed by atoms with E-state index >= 15 is 0 Å². The molecular weight excluding hydrogens is 334 g/mol. The van der Waals surface area contributed by atoms with Crippen LogP contribution >= 0.6 is 0 Å². The third kappa shape index (κ3) is 3.94. The van der Waals surface area contributed by atoms with E-state index in [1.165, 1.54) is 7.11 Å². The third-order valence-corrected chi connectivity index (χ3v) is 4.18. The lowest BCUT2D eigenvalue weighted by atomic mass is 10.1. The van der Waals surface area contributed by atoms with Crippen LogP contribution in [0, 0.1) is 0 Å². The van der Waals surface area contributed by atoms with Crippen LogP contribution in [0.1, 0.15) is 20.7 Å². The van der Waals surface area contributed by atoms with Gasteiger partial charge in [0.2, 0.25) is 0 Å². The zero-order chi connectivity index (χ0) is 18.5. The second kappa shape index (κ2) is 7.88. The Labute approximate surface area is 151 Å². The first-order chi connectivity index (χ1) is 12.6. The molecule has 1 aliphatic heterocycles. The number of nitrogens with zero attached hydrogens (tertiary/aromatic N) is 1. The molecule has 1 aliphatic rings. The maximum absolute atomic E-state index is 12.5. The number of nitrogens with one attached hydrogen (secondary N) is 1. The number of carbonyl (C=O) groups is 2. The standard InChI is InChI=1S/C19H21N3O4/c1-25-19(24)16-12-15(22-7-9-26-10-8-22)5-6-17(16)21-18(23)13-3-2-4-14(20)11-13/h2-6,11-12H,7-10,20H2,1H3,(H,21,23). The number of rotatable bonds is 4. The number of ether oxygens (including phenoxy) is 2. The molecule has 0 atom stereocenters. The van der Waals surface area contributed by atoms with Gasteiger partial charge in [-0.3, -0.25) is 4.79 Å². The van der Waals surface area contributed by atoms with Gasteiger partial charge in [-0.1, -0.05) is 6.07 Å². The van der Waals surface area contributed by atoms with Gasteiger partial charge in [0.15, 0.2) is 0 Å². The van der Waals surface area contributed by atoms with Crippen LogP contribution in [0.15, 0.2) is 42.5 Å². The van der Waals surface area contributed by atoms with Crippen molar-refractivity contribution in [3.05, 3.63) is 53.6 Å². The first-order valence-electron chi connectivity index (χ1n) is 8.30. The molecule has 7 nitrogen and oxygen atoms in total. The summed E-state index contributed by atoms with van der Waals surface area (Å²) in [6.07, 6.45) is 0. The molecule has 0 spiro atoms. The Morgan fingerprint density at radius 1 is 1.15 bits per heavy atom. The quantitative estimate of drug-likeness (QED) is 0.645. The van der Waals surface area contributed by atoms with Crippen molar-refractivity contribution in [1.29, 1.82) is 0 Å². The maximum Gasteiger partial charge on any atom is 0.340 e. The summed E-state index contributed by atoms with van der Waals surface area (Å²) in [5, 5.41) is 2.76. The van der Waals surface area contributed by atoms with E-state index in [4.69, 9.17) is 15.2 Å². The zero-order valence-electron chi connectivity index (χ0n) is 14.5. The molecule has 0 aliphatic carbocycles. The average molecular weight is 355 g/mol. The molecule has 1 saturated heterocycles. The summed E-state index contributed by atoms with van der Waals surface area (Å²) in [6, 6.07) is 11.9. The van der Waals surface area contributed by atoms with E-state index in [1.54, 1.807) is 36.4 Å². The molecule has 7 heteroatoms. The van der Waals surface area contributed by atoms with E-state index in [0.29, 0.717) is 35.7 Å². The van der Waals surface area contributed by atoms with Crippen molar-refractivity contribution in [2.24, 2.45) is 0 Å². The average Bonchev–Trinajstić information content (AvgIpc) is 2.68. The van der Waals surface area contributed by atoms with E-state index in [9.17, 15) is 9.59 Å². The van der Waals surface area contributed by atoms with Gasteiger partial charge in [0, 0.05) is 30.0 Å². The van der Waals surface area contributed by atoms with Crippen molar-refractivity contribution in [1.82, 2.24) is 0 Å². The lowest BCUT2D eigenvalue weighted by molar-refractivity contribution is 0.0602. The Morgan fingerprint density at radius 3 is 2.62 bits per heavy atom. The largest absolute Gasteiger partial charge is 0.465 e. The number of nitrogen functional groups attached to an aromatic ring is 1. The molecule has 1 fully saturated rings. The van der Waals surface area contributed by atoms with Crippen molar-refractivity contribution in [3.63, 3.8) is 0 Å². The summed E-state index contributed by atoms with van der Waals surface area (Å²) in [6.45, 7) is 2.77. The van der Waals surface area contributed by atoms with Gasteiger partial charge in [-0.25, -0.2) is 4.79 Å². The van der Waals surface area contributed by atoms with Gasteiger partial charge in [-0.05, 0) is 36.4 Å². The Balaban J connectivity index is 1.88. The fourth-order valence-electron chi connectivity index (χ4n) is 2.81. The van der Waals surface area contributed by atoms with Gasteiger partial charge in [0.05, 0.1) is 31.6 Å². The minimum absolute atomic E-state index is 0.300. The number of esters is 1. The summed E-state index contributed by atoms with van der Waals surface area (Å²) in [5.74, 6) is -0.857. The number of benzene rings is 2. The molecule has 0 unspecified atom stereocenters. The Bertz CT molecular complexity index is 816. The molecule has 2 aromatic rings. The molecule has 0 saturated carbocycles. The normalized spacial score (nSPS) is 14.0. The van der Waals surface area contributed by atoms with Crippen LogP contribution in [0.3, 0.4) is 0 Å². The van der Waals surface area contributed by atoms with Gasteiger partial charge < -0.3 is 25.4 Å². The van der Waals surface area contributed by atoms with Crippen LogP contribution in [0.5, 0.6) is 0 Å². The minimum Gasteiger partial charge on any atom is -0.465 e. The van der Waals surface area contributed by atoms with Crippen molar-refractivity contribution in [2.45, 2.75) is 0 Å². The highest BCUT2D eigenvalue weighted by Gasteiger charge is 2.19. The molecule has 1 heterocycles. The number of hydrogen-bond donors (Lipinski definition) is 2. The van der Waals surface area contributed by atoms with E-state index < -0.39 is 5.97 Å². The number of anilines is 3. The van der Waals surface area contributed by atoms with Crippen molar-refractivity contribution in [2.75, 3.05) is 49.4 Å². The smallest absolute Gasteiger partial charge is 0.340 e. The van der Waals surface area contributed by atoms with E-state index in [2.05, 4.69) is 10.2 Å². The first-order valence-corrected chi connectivity index (χ1v) is 8.30. The number of nitrogens with two attached hydrogens (primary N) is 1. The van der Waals surface area contributed by atoms with Crippen LogP contribution in [-0.2, 0) is 9.47 Å². The molecule has 136 valence electrons. The number of methoxy groups -OCH3 is 1. The summed E-state index contributed by atoms with van der Waals surface area (Å²) in [4.78, 5) is 26.8. The van der Waals surface area contributed by atoms with Crippen LogP contribution in [0.4, 0.5) is 17.1 Å². The van der Waals surface area contributed by atoms with Crippen molar-refractivity contribution < 1.29 is 19.1 Å². The van der Waals surface area contributed by atoms with Gasteiger partial charge >= 0.3 is 5.97 Å². The van der Waals surface area contributed by atoms with Gasteiger partial charge in [-0.15, -0.1) is 0 Å². The highest BCUT2D eigenvalue weighted by Crippen LogP contribution is 2.25. The lowest BCUT2D eigenvalue weighted by Crippen LogP contribution is -2.36. The maximum atomic E-state index is 12.5. The summed E-state index contributed by atoms with van der Waals surface area (Å²) in [5.41, 5.74) is 8.21. The van der Waals surface area contributed by atoms with E-state index in [1.807, 2.05) is 6.07 Å². The van der Waals surface area contributed by atoms with Gasteiger partial charge in [0.1, 0.15) is 0 Å². The summed E-state index contributed by atoms with van der Waals surface area (Å²) < 4.78 is 10.2. The summed E-state index contributed by atoms with van der Waals surface area (Å²) in [7, 11) is 1.31. The molecule has 1 amide bonds. The van der Waals surface area contributed by atoms with Crippen LogP contribution in [0.25, 0.3) is 0 Å². The first kappa shape index (κ1) is 17.8. The molecule has 0 aromatic heterocycles. The van der Waals surface area contributed by atoms with E-state index in [0.717, 1.165) is 18.8 Å². The second-order valence-corrected chi connectivity index (χ2v) is 5.90. The Kier molecular flexibility index (Phi) is 5.38. The lowest BCUT2D eigenvalue weighted by Gasteiger charge is -2.29. The Hall–Kier alpha value is -3.06. The molecule has 2 aromatic carbocycles. The minimum atomic E-state index is -0.511. The van der Waals surface area contributed by atoms with Crippen molar-refractivity contribution >= 4 is 28.9 Å². The molecule has 3 rings (SSSR count). The highest BCUT2D eigenvalue weighted by molar-refractivity contribution is 6.08.